The summed E-state index contributed by atoms with van der Waals surface area (Å²) >= 11 is 0. The van der Waals surface area contributed by atoms with Gasteiger partial charge < -0.3 is 20.2 Å². The Labute approximate surface area is 127 Å². The molecule has 0 spiro atoms. The van der Waals surface area contributed by atoms with Crippen LogP contribution in [0.1, 0.15) is 46.5 Å². The molecule has 1 rings (SSSR count). The number of carboxylic acid groups (broad SMARTS) is 1. The highest BCUT2D eigenvalue weighted by atomic mass is 16.4. The highest BCUT2D eigenvalue weighted by Gasteiger charge is 2.35. The molecule has 1 saturated heterocycles. The molecule has 1 unspecified atom stereocenters. The van der Waals surface area contributed by atoms with Crippen molar-refractivity contribution < 1.29 is 14.7 Å². The lowest BCUT2D eigenvalue weighted by Gasteiger charge is -2.33. The summed E-state index contributed by atoms with van der Waals surface area (Å²) < 4.78 is 0. The van der Waals surface area contributed by atoms with Crippen LogP contribution >= 0.6 is 0 Å². The van der Waals surface area contributed by atoms with Gasteiger partial charge in [-0.3, -0.25) is 0 Å². The van der Waals surface area contributed by atoms with Crippen molar-refractivity contribution in [3.63, 3.8) is 0 Å². The number of rotatable bonds is 6. The third kappa shape index (κ3) is 4.88. The summed E-state index contributed by atoms with van der Waals surface area (Å²) in [4.78, 5) is 26.8. The van der Waals surface area contributed by atoms with Gasteiger partial charge in [-0.2, -0.15) is 0 Å². The van der Waals surface area contributed by atoms with Crippen LogP contribution < -0.4 is 5.32 Å². The minimum absolute atomic E-state index is 0.339. The molecule has 21 heavy (non-hydrogen) atoms. The minimum Gasteiger partial charge on any atom is -0.480 e. The van der Waals surface area contributed by atoms with E-state index in [9.17, 15) is 9.59 Å². The van der Waals surface area contributed by atoms with Crippen LogP contribution in [0.3, 0.4) is 0 Å². The SMILES string of the molecule is CC1CCCCN1CCCNC(=O)N(C)C(C)(C)C(=O)O. The fourth-order valence-electron chi connectivity index (χ4n) is 2.48. The molecule has 6 heteroatoms. The van der Waals surface area contributed by atoms with Gasteiger partial charge in [0, 0.05) is 26.2 Å². The maximum absolute atomic E-state index is 11.9. The molecule has 122 valence electrons. The lowest BCUT2D eigenvalue weighted by Crippen LogP contribution is -2.54. The van der Waals surface area contributed by atoms with Crippen molar-refractivity contribution in [2.24, 2.45) is 0 Å². The number of nitrogens with one attached hydrogen (secondary N) is 1. The molecule has 0 aromatic carbocycles. The Morgan fingerprint density at radius 3 is 2.62 bits per heavy atom. The number of carboxylic acids is 1. The van der Waals surface area contributed by atoms with Crippen LogP contribution in [0.2, 0.25) is 0 Å². The molecule has 1 aliphatic rings. The highest BCUT2D eigenvalue weighted by Crippen LogP contribution is 2.16. The lowest BCUT2D eigenvalue weighted by molar-refractivity contribution is -0.146. The Balaban J connectivity index is 2.28. The van der Waals surface area contributed by atoms with Crippen LogP contribution in [0.5, 0.6) is 0 Å². The van der Waals surface area contributed by atoms with Crippen LogP contribution in [0.25, 0.3) is 0 Å². The average molecular weight is 299 g/mol. The molecule has 1 fully saturated rings. The lowest BCUT2D eigenvalue weighted by atomic mass is 10.0. The van der Waals surface area contributed by atoms with Crippen LogP contribution in [0, 0.1) is 0 Å². The van der Waals surface area contributed by atoms with Gasteiger partial charge in [0.15, 0.2) is 0 Å². The molecule has 0 aliphatic carbocycles. The second-order valence-corrected chi connectivity index (χ2v) is 6.39. The van der Waals surface area contributed by atoms with Gasteiger partial charge in [0.05, 0.1) is 0 Å². The van der Waals surface area contributed by atoms with E-state index in [2.05, 4.69) is 17.1 Å². The van der Waals surface area contributed by atoms with E-state index in [-0.39, 0.29) is 6.03 Å². The molecule has 0 radical (unpaired) electrons. The molecule has 0 saturated carbocycles. The van der Waals surface area contributed by atoms with Crippen molar-refractivity contribution in [3.05, 3.63) is 0 Å². The topological polar surface area (TPSA) is 72.9 Å². The normalized spacial score (nSPS) is 20.1. The molecular formula is C15H29N3O3. The standard InChI is InChI=1S/C15H29N3O3/c1-12-8-5-6-10-18(12)11-7-9-16-14(21)17(4)15(2,3)13(19)20/h12H,5-11H2,1-4H3,(H,16,21)(H,19,20). The zero-order valence-electron chi connectivity index (χ0n) is 13.7. The zero-order valence-corrected chi connectivity index (χ0v) is 13.7. The first kappa shape index (κ1) is 17.8. The van der Waals surface area contributed by atoms with Crippen molar-refractivity contribution in [1.82, 2.24) is 15.1 Å². The fraction of sp³-hybridized carbons (Fsp3) is 0.867. The van der Waals surface area contributed by atoms with E-state index in [4.69, 9.17) is 5.11 Å². The van der Waals surface area contributed by atoms with Crippen LogP contribution in [0.15, 0.2) is 0 Å². The monoisotopic (exact) mass is 299 g/mol. The van der Waals surface area contributed by atoms with Crippen LogP contribution in [0.4, 0.5) is 4.79 Å². The molecule has 1 heterocycles. The average Bonchev–Trinajstić information content (AvgIpc) is 2.44. The predicted molar refractivity (Wildman–Crippen MR) is 82.4 cm³/mol. The van der Waals surface area contributed by atoms with Crippen molar-refractivity contribution in [2.75, 3.05) is 26.7 Å². The molecule has 2 amide bonds. The second-order valence-electron chi connectivity index (χ2n) is 6.39. The Morgan fingerprint density at radius 1 is 1.38 bits per heavy atom. The summed E-state index contributed by atoms with van der Waals surface area (Å²) in [6.07, 6.45) is 4.70. The second kappa shape index (κ2) is 7.64. The van der Waals surface area contributed by atoms with Gasteiger partial charge >= 0.3 is 12.0 Å². The fourth-order valence-corrected chi connectivity index (χ4v) is 2.48. The smallest absolute Gasteiger partial charge is 0.329 e. The number of carbonyl (C=O) groups is 2. The van der Waals surface area contributed by atoms with Gasteiger partial charge in [0.2, 0.25) is 0 Å². The van der Waals surface area contributed by atoms with E-state index < -0.39 is 11.5 Å². The number of nitrogens with zero attached hydrogens (tertiary/aromatic N) is 2. The summed E-state index contributed by atoms with van der Waals surface area (Å²) in [5.41, 5.74) is -1.20. The third-order valence-electron chi connectivity index (χ3n) is 4.51. The van der Waals surface area contributed by atoms with E-state index in [0.29, 0.717) is 12.6 Å². The molecule has 6 nitrogen and oxygen atoms in total. The molecular weight excluding hydrogens is 270 g/mol. The van der Waals surface area contributed by atoms with Crippen LogP contribution in [-0.2, 0) is 4.79 Å². The summed E-state index contributed by atoms with van der Waals surface area (Å²) in [5.74, 6) is -1.01. The number of hydrogen-bond acceptors (Lipinski definition) is 3. The Morgan fingerprint density at radius 2 is 2.05 bits per heavy atom. The van der Waals surface area contributed by atoms with Gasteiger partial charge in [-0.05, 0) is 46.6 Å². The van der Waals surface area contributed by atoms with Gasteiger partial charge in [0.1, 0.15) is 5.54 Å². The number of amides is 2. The van der Waals surface area contributed by atoms with E-state index >= 15 is 0 Å². The van der Waals surface area contributed by atoms with E-state index in [1.807, 2.05) is 0 Å². The molecule has 1 atom stereocenters. The summed E-state index contributed by atoms with van der Waals surface area (Å²) in [5, 5.41) is 11.9. The number of aliphatic carboxylic acids is 1. The van der Waals surface area contributed by atoms with Crippen molar-refractivity contribution in [2.45, 2.75) is 58.0 Å². The first-order valence-corrected chi connectivity index (χ1v) is 7.76. The Bertz CT molecular complexity index is 371. The quantitative estimate of drug-likeness (QED) is 0.733. The number of piperidine rings is 1. The zero-order chi connectivity index (χ0) is 16.0. The van der Waals surface area contributed by atoms with Crippen molar-refractivity contribution in [3.8, 4) is 0 Å². The third-order valence-corrected chi connectivity index (χ3v) is 4.51. The minimum atomic E-state index is -1.20. The molecule has 0 aromatic heterocycles. The Kier molecular flexibility index (Phi) is 6.45. The summed E-state index contributed by atoms with van der Waals surface area (Å²) in [7, 11) is 1.51. The van der Waals surface area contributed by atoms with E-state index in [1.165, 1.54) is 45.1 Å². The van der Waals surface area contributed by atoms with E-state index in [1.54, 1.807) is 0 Å². The maximum atomic E-state index is 11.9. The highest BCUT2D eigenvalue weighted by molar-refractivity contribution is 5.85. The number of hydrogen-bond donors (Lipinski definition) is 2. The number of carbonyl (C=O) groups excluding carboxylic acids is 1. The molecule has 0 bridgehead atoms. The predicted octanol–water partition coefficient (Wildman–Crippen LogP) is 1.76. The first-order valence-electron chi connectivity index (χ1n) is 7.76. The summed E-state index contributed by atoms with van der Waals surface area (Å²) in [6, 6.07) is 0.289. The first-order chi connectivity index (χ1) is 9.76. The van der Waals surface area contributed by atoms with Gasteiger partial charge in [0.25, 0.3) is 0 Å². The number of likely N-dealkylation sites (N-methyl/N-ethyl adjacent to an activating group) is 1. The summed E-state index contributed by atoms with van der Waals surface area (Å²) in [6.45, 7) is 7.98. The number of urea groups is 1. The van der Waals surface area contributed by atoms with Crippen molar-refractivity contribution >= 4 is 12.0 Å². The maximum Gasteiger partial charge on any atom is 0.329 e. The van der Waals surface area contributed by atoms with Gasteiger partial charge in [-0.25, -0.2) is 9.59 Å². The van der Waals surface area contributed by atoms with E-state index in [0.717, 1.165) is 19.5 Å². The Hall–Kier alpha value is -1.30. The van der Waals surface area contributed by atoms with Gasteiger partial charge in [-0.15, -0.1) is 0 Å². The molecule has 1 aliphatic heterocycles. The van der Waals surface area contributed by atoms with Gasteiger partial charge in [-0.1, -0.05) is 6.42 Å². The van der Waals surface area contributed by atoms with Crippen LogP contribution in [-0.4, -0.2) is 65.2 Å². The largest absolute Gasteiger partial charge is 0.480 e. The molecule has 0 aromatic rings. The molecule has 2 N–H and O–H groups in total. The number of likely N-dealkylation sites (tertiary alicyclic amines) is 1. The van der Waals surface area contributed by atoms with Crippen molar-refractivity contribution in [1.29, 1.82) is 0 Å².